The van der Waals surface area contributed by atoms with Crippen LogP contribution in [0.5, 0.6) is 5.75 Å². The lowest BCUT2D eigenvalue weighted by Gasteiger charge is -2.17. The molecular weight excluding hydrogens is 171 g/mol. The predicted octanol–water partition coefficient (Wildman–Crippen LogP) is 1.96. The number of ketones is 1. The SMILES string of the molecule is C=C1COc2c(F)cccc2C1=O. The lowest BCUT2D eigenvalue weighted by atomic mass is 10.0. The Labute approximate surface area is 74.6 Å². The molecule has 0 aliphatic carbocycles. The van der Waals surface area contributed by atoms with E-state index in [1.165, 1.54) is 18.2 Å². The second kappa shape index (κ2) is 2.69. The van der Waals surface area contributed by atoms with E-state index in [2.05, 4.69) is 6.58 Å². The van der Waals surface area contributed by atoms with E-state index in [1.807, 2.05) is 0 Å². The smallest absolute Gasteiger partial charge is 0.195 e. The zero-order valence-electron chi connectivity index (χ0n) is 6.84. The molecule has 13 heavy (non-hydrogen) atoms. The maximum absolute atomic E-state index is 13.1. The zero-order valence-corrected chi connectivity index (χ0v) is 6.84. The van der Waals surface area contributed by atoms with E-state index in [1.54, 1.807) is 0 Å². The number of ether oxygens (including phenoxy) is 1. The summed E-state index contributed by atoms with van der Waals surface area (Å²) in [6.45, 7) is 3.60. The minimum Gasteiger partial charge on any atom is -0.485 e. The minimum atomic E-state index is -0.502. The standard InChI is InChI=1S/C10H7FO2/c1-6-5-13-10-7(9(6)12)3-2-4-8(10)11/h2-4H,1,5H2. The van der Waals surface area contributed by atoms with Crippen molar-refractivity contribution >= 4 is 5.78 Å². The summed E-state index contributed by atoms with van der Waals surface area (Å²) in [5.74, 6) is -0.695. The molecule has 3 heteroatoms. The van der Waals surface area contributed by atoms with Crippen LogP contribution in [0.15, 0.2) is 30.4 Å². The van der Waals surface area contributed by atoms with Gasteiger partial charge in [-0.3, -0.25) is 4.79 Å². The van der Waals surface area contributed by atoms with Gasteiger partial charge < -0.3 is 4.74 Å². The zero-order chi connectivity index (χ0) is 9.42. The van der Waals surface area contributed by atoms with Crippen molar-refractivity contribution in [2.75, 3.05) is 6.61 Å². The van der Waals surface area contributed by atoms with Crippen LogP contribution >= 0.6 is 0 Å². The third-order valence-electron chi connectivity index (χ3n) is 1.92. The van der Waals surface area contributed by atoms with E-state index >= 15 is 0 Å². The molecule has 1 heterocycles. The second-order valence-corrected chi connectivity index (χ2v) is 2.84. The predicted molar refractivity (Wildman–Crippen MR) is 45.4 cm³/mol. The van der Waals surface area contributed by atoms with Gasteiger partial charge in [0.25, 0.3) is 0 Å². The first-order chi connectivity index (χ1) is 6.20. The monoisotopic (exact) mass is 178 g/mol. The van der Waals surface area contributed by atoms with Crippen LogP contribution in [-0.4, -0.2) is 12.4 Å². The molecule has 0 bridgehead atoms. The van der Waals surface area contributed by atoms with E-state index in [4.69, 9.17) is 4.74 Å². The maximum Gasteiger partial charge on any atom is 0.195 e. The van der Waals surface area contributed by atoms with Gasteiger partial charge in [0.2, 0.25) is 0 Å². The summed E-state index contributed by atoms with van der Waals surface area (Å²) < 4.78 is 18.1. The van der Waals surface area contributed by atoms with Crippen LogP contribution in [-0.2, 0) is 0 Å². The van der Waals surface area contributed by atoms with Crippen LogP contribution in [0, 0.1) is 5.82 Å². The van der Waals surface area contributed by atoms with Crippen molar-refractivity contribution in [3.8, 4) is 5.75 Å². The van der Waals surface area contributed by atoms with Gasteiger partial charge in [-0.1, -0.05) is 12.6 Å². The molecule has 0 atom stereocenters. The summed E-state index contributed by atoms with van der Waals surface area (Å²) in [6, 6.07) is 4.28. The Morgan fingerprint density at radius 1 is 1.46 bits per heavy atom. The molecule has 0 amide bonds. The van der Waals surface area contributed by atoms with E-state index < -0.39 is 5.82 Å². The molecule has 0 fully saturated rings. The molecule has 0 saturated heterocycles. The van der Waals surface area contributed by atoms with E-state index in [9.17, 15) is 9.18 Å². The summed E-state index contributed by atoms with van der Waals surface area (Å²) in [5.41, 5.74) is 0.620. The van der Waals surface area contributed by atoms with Crippen LogP contribution in [0.3, 0.4) is 0 Å². The molecule has 0 N–H and O–H groups in total. The Bertz CT molecular complexity index is 396. The van der Waals surface area contributed by atoms with Crippen LogP contribution in [0.1, 0.15) is 10.4 Å². The number of hydrogen-bond donors (Lipinski definition) is 0. The molecule has 0 saturated carbocycles. The average Bonchev–Trinajstić information content (AvgIpc) is 2.12. The molecule has 1 aromatic rings. The van der Waals surface area contributed by atoms with Gasteiger partial charge in [-0.15, -0.1) is 0 Å². The highest BCUT2D eigenvalue weighted by atomic mass is 19.1. The van der Waals surface area contributed by atoms with Crippen molar-refractivity contribution in [1.29, 1.82) is 0 Å². The number of carbonyl (C=O) groups is 1. The first-order valence-corrected chi connectivity index (χ1v) is 3.84. The Kier molecular flexibility index (Phi) is 1.65. The van der Waals surface area contributed by atoms with Gasteiger partial charge in [-0.2, -0.15) is 0 Å². The molecule has 2 rings (SSSR count). The molecule has 66 valence electrons. The third-order valence-corrected chi connectivity index (χ3v) is 1.92. The Hall–Kier alpha value is -1.64. The second-order valence-electron chi connectivity index (χ2n) is 2.84. The number of rotatable bonds is 0. The number of halogens is 1. The Balaban J connectivity index is 2.62. The highest BCUT2D eigenvalue weighted by molar-refractivity contribution is 6.11. The molecule has 1 aliphatic rings. The van der Waals surface area contributed by atoms with Crippen molar-refractivity contribution in [3.05, 3.63) is 41.7 Å². The van der Waals surface area contributed by atoms with Gasteiger partial charge >= 0.3 is 0 Å². The first-order valence-electron chi connectivity index (χ1n) is 3.84. The van der Waals surface area contributed by atoms with Crippen molar-refractivity contribution in [1.82, 2.24) is 0 Å². The molecule has 0 unspecified atom stereocenters. The molecule has 1 aromatic carbocycles. The number of fused-ring (bicyclic) bond motifs is 1. The van der Waals surface area contributed by atoms with Gasteiger partial charge in [0, 0.05) is 5.57 Å². The fourth-order valence-electron chi connectivity index (χ4n) is 1.25. The number of benzene rings is 1. The van der Waals surface area contributed by atoms with E-state index in [0.717, 1.165) is 0 Å². The molecule has 0 aromatic heterocycles. The van der Waals surface area contributed by atoms with Crippen LogP contribution in [0.2, 0.25) is 0 Å². The van der Waals surface area contributed by atoms with E-state index in [-0.39, 0.29) is 23.7 Å². The molecule has 1 aliphatic heterocycles. The Morgan fingerprint density at radius 2 is 2.23 bits per heavy atom. The largest absolute Gasteiger partial charge is 0.485 e. The summed E-state index contributed by atoms with van der Waals surface area (Å²) in [7, 11) is 0. The van der Waals surface area contributed by atoms with Crippen LogP contribution in [0.25, 0.3) is 0 Å². The van der Waals surface area contributed by atoms with Gasteiger partial charge in [-0.25, -0.2) is 4.39 Å². The average molecular weight is 178 g/mol. The molecule has 0 radical (unpaired) electrons. The van der Waals surface area contributed by atoms with Gasteiger partial charge in [-0.05, 0) is 12.1 Å². The fourth-order valence-corrected chi connectivity index (χ4v) is 1.25. The third kappa shape index (κ3) is 1.13. The van der Waals surface area contributed by atoms with Gasteiger partial charge in [0.05, 0.1) is 5.56 Å². The van der Waals surface area contributed by atoms with Crippen LogP contribution < -0.4 is 4.74 Å². The fraction of sp³-hybridized carbons (Fsp3) is 0.100. The summed E-state index contributed by atoms with van der Waals surface area (Å²) in [6.07, 6.45) is 0. The summed E-state index contributed by atoms with van der Waals surface area (Å²) in [5, 5.41) is 0. The molecule has 0 spiro atoms. The quantitative estimate of drug-likeness (QED) is 0.567. The first kappa shape index (κ1) is 7.98. The van der Waals surface area contributed by atoms with E-state index in [0.29, 0.717) is 5.57 Å². The minimum absolute atomic E-state index is 0.0416. The van der Waals surface area contributed by atoms with Crippen molar-refractivity contribution in [2.45, 2.75) is 0 Å². The summed E-state index contributed by atoms with van der Waals surface area (Å²) in [4.78, 5) is 11.4. The number of carbonyl (C=O) groups excluding carboxylic acids is 1. The highest BCUT2D eigenvalue weighted by Crippen LogP contribution is 2.28. The molecule has 2 nitrogen and oxygen atoms in total. The van der Waals surface area contributed by atoms with Gasteiger partial charge in [0.1, 0.15) is 6.61 Å². The molecular formula is C10H7FO2. The number of hydrogen-bond acceptors (Lipinski definition) is 2. The summed E-state index contributed by atoms with van der Waals surface area (Å²) >= 11 is 0. The lowest BCUT2D eigenvalue weighted by Crippen LogP contribution is -2.19. The van der Waals surface area contributed by atoms with Crippen LogP contribution in [0.4, 0.5) is 4.39 Å². The van der Waals surface area contributed by atoms with Crippen molar-refractivity contribution < 1.29 is 13.9 Å². The highest BCUT2D eigenvalue weighted by Gasteiger charge is 2.23. The van der Waals surface area contributed by atoms with Crippen molar-refractivity contribution in [2.24, 2.45) is 0 Å². The topological polar surface area (TPSA) is 26.3 Å². The number of Topliss-reactive ketones (excluding diaryl/α,β-unsaturated/α-hetero) is 1. The maximum atomic E-state index is 13.1. The Morgan fingerprint density at radius 3 is 3.00 bits per heavy atom. The van der Waals surface area contributed by atoms with Crippen molar-refractivity contribution in [3.63, 3.8) is 0 Å². The lowest BCUT2D eigenvalue weighted by molar-refractivity contribution is 0.0997. The normalized spacial score (nSPS) is 15.2. The number of para-hydroxylation sites is 1. The van der Waals surface area contributed by atoms with Gasteiger partial charge in [0.15, 0.2) is 17.3 Å².